The van der Waals surface area contributed by atoms with Gasteiger partial charge in [-0.2, -0.15) is 0 Å². The molecule has 0 aliphatic rings. The van der Waals surface area contributed by atoms with Crippen LogP contribution < -0.4 is 42.4 Å². The molecule has 0 amide bonds. The predicted molar refractivity (Wildman–Crippen MR) is 33.5 cm³/mol. The highest BCUT2D eigenvalue weighted by molar-refractivity contribution is 3.26. The van der Waals surface area contributed by atoms with Gasteiger partial charge in [-0.3, -0.25) is 11.7 Å². The summed E-state index contributed by atoms with van der Waals surface area (Å²) in [7, 11) is 0. The van der Waals surface area contributed by atoms with Crippen LogP contribution >= 0.6 is 0 Å². The first-order valence-electron chi connectivity index (χ1n) is 0.333. The maximum atomic E-state index is 4.00. The molecule has 0 rings (SSSR count). The highest BCUT2D eigenvalue weighted by atomic mass is 15.0. The van der Waals surface area contributed by atoms with Crippen LogP contribution in [0, 0.1) is 0 Å². The Hall–Kier alpha value is -0.280. The van der Waals surface area contributed by atoms with Gasteiger partial charge >= 0.3 is 0 Å². The summed E-state index contributed by atoms with van der Waals surface area (Å²) in [6, 6.07) is 0. The van der Waals surface area contributed by atoms with Crippen LogP contribution in [0.2, 0.25) is 0 Å². The lowest BCUT2D eigenvalue weighted by molar-refractivity contribution is 1.26. The average Bonchev–Trinajstić information content (AvgIpc) is 1.00. The van der Waals surface area contributed by atoms with E-state index in [1.807, 2.05) is 0 Å². The summed E-state index contributed by atoms with van der Waals surface area (Å²) in [6.45, 7) is 0. The van der Waals surface area contributed by atoms with E-state index in [2.05, 4.69) is 11.7 Å². The molecule has 7 heavy (non-hydrogen) atoms. The van der Waals surface area contributed by atoms with Gasteiger partial charge in [-0.15, -0.1) is 0 Å². The van der Waals surface area contributed by atoms with Gasteiger partial charge in [0, 0.05) is 0 Å². The summed E-state index contributed by atoms with van der Waals surface area (Å²) in [5, 5.41) is 0. The van der Waals surface area contributed by atoms with Crippen molar-refractivity contribution in [2.45, 2.75) is 0 Å². The van der Waals surface area contributed by atoms with Gasteiger partial charge in [-0.25, -0.2) is 0 Å². The molecule has 54 valence electrons. The predicted octanol–water partition coefficient (Wildman–Crippen LogP) is -0.371. The first kappa shape index (κ1) is 424. The molecule has 19 N–H and O–H groups in total. The maximum absolute atomic E-state index is 4.00. The van der Waals surface area contributed by atoms with Crippen LogP contribution in [-0.2, 0) is 0 Å². The van der Waals surface area contributed by atoms with Gasteiger partial charge in [-0.1, -0.05) is 0 Å². The second-order valence-corrected chi connectivity index (χ2v) is 0. The monoisotopic (exact) mass is 117 g/mol. The van der Waals surface area contributed by atoms with Gasteiger partial charge in [0.05, 0.1) is 0 Å². The van der Waals surface area contributed by atoms with E-state index in [9.17, 15) is 0 Å². The largest absolute Gasteiger partial charge is 0.344 e. The van der Waals surface area contributed by atoms with E-state index in [0.717, 1.165) is 0 Å². The Bertz CT molecular complexity index is 0. The summed E-state index contributed by atoms with van der Waals surface area (Å²) < 4.78 is 0. The average molecular weight is 117 g/mol. The van der Waals surface area contributed by atoms with Crippen molar-refractivity contribution in [3.63, 3.8) is 0 Å². The van der Waals surface area contributed by atoms with E-state index in [1.54, 1.807) is 0 Å². The lowest BCUT2D eigenvalue weighted by Crippen LogP contribution is -2.02. The van der Waals surface area contributed by atoms with Crippen molar-refractivity contribution in [2.24, 2.45) is 11.7 Å². The van der Waals surface area contributed by atoms with Crippen molar-refractivity contribution in [3.8, 4) is 0 Å². The van der Waals surface area contributed by atoms with Crippen LogP contribution in [0.4, 0.5) is 0 Å². The number of hydrogen-bond acceptors (Lipinski definition) is 7. The van der Waals surface area contributed by atoms with E-state index in [1.165, 1.54) is 0 Å². The summed E-state index contributed by atoms with van der Waals surface area (Å²) in [6.07, 6.45) is 0. The zero-order valence-corrected chi connectivity index (χ0v) is 4.69. The Morgan fingerprint density at radius 1 is 0.429 bits per heavy atom. The SMILES string of the molecule is N.N.N.N.N.NN. The van der Waals surface area contributed by atoms with Crippen molar-refractivity contribution in [1.82, 2.24) is 30.8 Å². The first-order chi connectivity index (χ1) is 1.00. The summed E-state index contributed by atoms with van der Waals surface area (Å²) in [5.74, 6) is 8.00. The van der Waals surface area contributed by atoms with Gasteiger partial charge in [0.1, 0.15) is 0 Å². The van der Waals surface area contributed by atoms with Crippen molar-refractivity contribution >= 4 is 0 Å². The Balaban J connectivity index is -0.000000000500. The number of hydrazine groups is 1. The molecule has 0 heterocycles. The molecule has 0 saturated heterocycles. The third kappa shape index (κ3) is 1010. The fourth-order valence-electron chi connectivity index (χ4n) is 0. The normalized spacial score (nSPS) is 0.857. The van der Waals surface area contributed by atoms with Crippen LogP contribution in [0.1, 0.15) is 0 Å². The minimum Gasteiger partial charge on any atom is -0.344 e. The molecule has 0 saturated carbocycles. The second kappa shape index (κ2) is 1630. The van der Waals surface area contributed by atoms with E-state index in [-0.39, 0.29) is 30.8 Å². The summed E-state index contributed by atoms with van der Waals surface area (Å²) >= 11 is 0. The quantitative estimate of drug-likeness (QED) is 0.164. The summed E-state index contributed by atoms with van der Waals surface area (Å²) in [4.78, 5) is 0. The van der Waals surface area contributed by atoms with E-state index in [4.69, 9.17) is 0 Å². The summed E-state index contributed by atoms with van der Waals surface area (Å²) in [5.41, 5.74) is 0. The molecule has 0 aliphatic carbocycles. The zero-order chi connectivity index (χ0) is 2.00. The first-order valence-corrected chi connectivity index (χ1v) is 0.333. The minimum absolute atomic E-state index is 0. The molecule has 0 aromatic heterocycles. The molecule has 0 spiro atoms. The molecular weight excluding hydrogens is 98.0 g/mol. The Morgan fingerprint density at radius 2 is 0.429 bits per heavy atom. The number of hydrogen-bond donors (Lipinski definition) is 7. The number of rotatable bonds is 0. The van der Waals surface area contributed by atoms with Gasteiger partial charge in [0.2, 0.25) is 0 Å². The molecule has 0 atom stereocenters. The molecule has 0 aliphatic heterocycles. The van der Waals surface area contributed by atoms with Crippen LogP contribution in [-0.4, -0.2) is 0 Å². The Labute approximate surface area is 43.7 Å². The molecule has 0 aromatic carbocycles. The molecule has 0 aromatic rings. The van der Waals surface area contributed by atoms with Gasteiger partial charge < -0.3 is 30.8 Å². The lowest BCUT2D eigenvalue weighted by atomic mass is 13.0. The third-order valence-corrected chi connectivity index (χ3v) is 0. The molecule has 0 unspecified atom stereocenters. The minimum atomic E-state index is 0. The van der Waals surface area contributed by atoms with Crippen LogP contribution in [0.3, 0.4) is 0 Å². The Morgan fingerprint density at radius 3 is 0.429 bits per heavy atom. The topological polar surface area (TPSA) is 227 Å². The fraction of sp³-hybridized carbons (Fsp3) is 0. The molecule has 7 nitrogen and oxygen atoms in total. The standard InChI is InChI=1S/H4N2.5H3N/c1-2;;;;;/h1-2H2;5*1H3. The Kier molecular flexibility index (Phi) is 98500. The van der Waals surface area contributed by atoms with E-state index < -0.39 is 0 Å². The highest BCUT2D eigenvalue weighted by Gasteiger charge is 0.726. The third-order valence-electron chi connectivity index (χ3n) is 0. The molecule has 0 radical (unpaired) electrons. The van der Waals surface area contributed by atoms with Crippen molar-refractivity contribution in [1.29, 1.82) is 0 Å². The van der Waals surface area contributed by atoms with Crippen molar-refractivity contribution < 1.29 is 0 Å². The van der Waals surface area contributed by atoms with E-state index >= 15 is 0 Å². The van der Waals surface area contributed by atoms with Crippen molar-refractivity contribution in [3.05, 3.63) is 0 Å². The molecule has 0 bridgehead atoms. The zero-order valence-electron chi connectivity index (χ0n) is 4.69. The molecule has 0 fully saturated rings. The lowest BCUT2D eigenvalue weighted by Gasteiger charge is -1.27. The molecular formula is H19N7. The van der Waals surface area contributed by atoms with Crippen LogP contribution in [0.25, 0.3) is 0 Å². The maximum Gasteiger partial charge on any atom is -0.274 e. The van der Waals surface area contributed by atoms with Gasteiger partial charge in [0.15, 0.2) is 0 Å². The smallest absolute Gasteiger partial charge is 0.274 e. The highest BCUT2D eigenvalue weighted by Crippen LogP contribution is -0.0190. The second-order valence-electron chi connectivity index (χ2n) is 0. The molecule has 7 heteroatoms. The van der Waals surface area contributed by atoms with Crippen LogP contribution in [0.5, 0.6) is 0 Å². The van der Waals surface area contributed by atoms with Gasteiger partial charge in [-0.05, 0) is 0 Å². The van der Waals surface area contributed by atoms with Crippen molar-refractivity contribution in [2.75, 3.05) is 0 Å². The van der Waals surface area contributed by atoms with Gasteiger partial charge in [0.25, 0.3) is 0 Å². The van der Waals surface area contributed by atoms with Crippen LogP contribution in [0.15, 0.2) is 0 Å². The fourth-order valence-corrected chi connectivity index (χ4v) is 0. The van der Waals surface area contributed by atoms with E-state index in [0.29, 0.717) is 0 Å². The number of nitrogens with two attached hydrogens (primary N) is 2.